The molecule has 0 bridgehead atoms. The number of aryl methyl sites for hydroxylation is 1. The summed E-state index contributed by atoms with van der Waals surface area (Å²) >= 11 is 0. The van der Waals surface area contributed by atoms with Crippen LogP contribution in [0.25, 0.3) is 94.5 Å². The fourth-order valence-corrected chi connectivity index (χ4v) is 18.1. The van der Waals surface area contributed by atoms with Gasteiger partial charge < -0.3 is 13.9 Å². The van der Waals surface area contributed by atoms with Crippen LogP contribution >= 0.6 is 0 Å². The Morgan fingerprint density at radius 2 is 1.26 bits per heavy atom. The van der Waals surface area contributed by atoms with E-state index in [0.717, 1.165) is 50.0 Å². The number of hydrogen-bond acceptors (Lipinski definition) is 2. The standard InChI is InChI=1S/C65H52N4OSi.Pt/c1-65(2,3)45-32-33-66-62(38-45)69-58-28-10-9-24-52(58)53-31-30-48(40-60(53)69)70-47-21-13-20-46(39-47)67-42-68-63-49(43-17-5-4-6-18-43)25-14-26-55(63)57-41-61-44(19-16-36-71(61)34-11-12-35-71)37-56(57)51-23-8-7-22-50(51)54-27-15-29-59(67)64(54)68;/h4-10,13-15,17-18,20-33,37-38,41H,11-12,16,19,34-36H2,1-3H3;/q-2;. The van der Waals surface area contributed by atoms with Gasteiger partial charge >= 0.3 is 0 Å². The van der Waals surface area contributed by atoms with Gasteiger partial charge in [-0.3, -0.25) is 4.57 Å². The summed E-state index contributed by atoms with van der Waals surface area (Å²) in [6.07, 6.45) is 11.1. The molecule has 354 valence electrons. The Labute approximate surface area is 436 Å². The minimum atomic E-state index is -1.61. The van der Waals surface area contributed by atoms with E-state index < -0.39 is 8.07 Å². The molecule has 0 radical (unpaired) electrons. The first kappa shape index (κ1) is 44.8. The van der Waals surface area contributed by atoms with Gasteiger partial charge in [0.05, 0.1) is 24.8 Å². The van der Waals surface area contributed by atoms with Gasteiger partial charge in [-0.25, -0.2) is 4.98 Å². The molecular weight excluding hydrogens is 1080 g/mol. The summed E-state index contributed by atoms with van der Waals surface area (Å²) in [6, 6.07) is 73.7. The van der Waals surface area contributed by atoms with Crippen LogP contribution in [-0.4, -0.2) is 22.2 Å². The maximum Gasteiger partial charge on any atom is 0.268 e. The normalized spacial score (nSPS) is 14.5. The van der Waals surface area contributed by atoms with E-state index in [-0.39, 0.29) is 26.5 Å². The summed E-state index contributed by atoms with van der Waals surface area (Å²) in [6.45, 7) is 6.71. The zero-order chi connectivity index (χ0) is 47.4. The fraction of sp³-hybridized carbons (Fsp3) is 0.169. The molecule has 14 rings (SSSR count). The molecule has 1 saturated heterocycles. The fourth-order valence-electron chi connectivity index (χ4n) is 12.6. The van der Waals surface area contributed by atoms with Gasteiger partial charge in [-0.2, -0.15) is 18.2 Å². The van der Waals surface area contributed by atoms with E-state index in [0.29, 0.717) is 11.5 Å². The average Bonchev–Trinajstić information content (AvgIpc) is 4.13. The van der Waals surface area contributed by atoms with Crippen molar-refractivity contribution in [3.05, 3.63) is 206 Å². The molecule has 6 heterocycles. The molecule has 0 unspecified atom stereocenters. The van der Waals surface area contributed by atoms with Crippen molar-refractivity contribution in [3.8, 4) is 73.2 Å². The third-order valence-electron chi connectivity index (χ3n) is 15.9. The number of fused-ring (bicyclic) bond motifs is 12. The summed E-state index contributed by atoms with van der Waals surface area (Å²) in [5.74, 6) is 2.05. The molecule has 0 N–H and O–H groups in total. The van der Waals surface area contributed by atoms with Crippen molar-refractivity contribution in [1.29, 1.82) is 0 Å². The molecule has 3 aromatic heterocycles. The second kappa shape index (κ2) is 17.3. The van der Waals surface area contributed by atoms with Gasteiger partial charge in [0.25, 0.3) is 6.33 Å². The van der Waals surface area contributed by atoms with Crippen molar-refractivity contribution < 1.29 is 30.4 Å². The largest absolute Gasteiger partial charge is 0.510 e. The molecule has 0 aliphatic carbocycles. The summed E-state index contributed by atoms with van der Waals surface area (Å²) in [5.41, 5.74) is 18.8. The van der Waals surface area contributed by atoms with Crippen molar-refractivity contribution in [1.82, 2.24) is 14.1 Å². The third-order valence-corrected chi connectivity index (χ3v) is 21.4. The first-order valence-electron chi connectivity index (χ1n) is 25.4. The number of benzene rings is 8. The van der Waals surface area contributed by atoms with E-state index in [2.05, 4.69) is 211 Å². The molecule has 0 atom stereocenters. The van der Waals surface area contributed by atoms with E-state index in [1.807, 2.05) is 18.3 Å². The Bertz CT molecular complexity index is 3950. The van der Waals surface area contributed by atoms with Crippen LogP contribution in [0.4, 0.5) is 0 Å². The summed E-state index contributed by atoms with van der Waals surface area (Å²) in [4.78, 5) is 4.90. The minimum Gasteiger partial charge on any atom is -0.510 e. The smallest absolute Gasteiger partial charge is 0.268 e. The number of hydrogen-bond donors (Lipinski definition) is 0. The van der Waals surface area contributed by atoms with Crippen molar-refractivity contribution in [2.75, 3.05) is 0 Å². The monoisotopic (exact) mass is 1130 g/mol. The average molecular weight is 1130 g/mol. The Balaban J connectivity index is 0.00000504. The molecule has 1 fully saturated rings. The van der Waals surface area contributed by atoms with E-state index in [1.54, 1.807) is 10.8 Å². The van der Waals surface area contributed by atoms with Crippen LogP contribution in [0.1, 0.15) is 51.2 Å². The van der Waals surface area contributed by atoms with Gasteiger partial charge in [0.15, 0.2) is 0 Å². The molecule has 5 nitrogen and oxygen atoms in total. The predicted octanol–water partition coefficient (Wildman–Crippen LogP) is 15.3. The van der Waals surface area contributed by atoms with Crippen molar-refractivity contribution >= 4 is 46.1 Å². The van der Waals surface area contributed by atoms with Crippen LogP contribution in [0.3, 0.4) is 0 Å². The molecule has 3 aliphatic heterocycles. The zero-order valence-electron chi connectivity index (χ0n) is 40.7. The second-order valence-corrected chi connectivity index (χ2v) is 25.6. The van der Waals surface area contributed by atoms with Crippen molar-refractivity contribution in [2.45, 2.75) is 70.0 Å². The number of para-hydroxylation sites is 3. The number of ether oxygens (including phenoxy) is 1. The summed E-state index contributed by atoms with van der Waals surface area (Å²) in [5, 5.41) is 3.96. The van der Waals surface area contributed by atoms with Crippen molar-refractivity contribution in [3.63, 3.8) is 0 Å². The third kappa shape index (κ3) is 7.12. The minimum absolute atomic E-state index is 0. The maximum absolute atomic E-state index is 6.78. The van der Waals surface area contributed by atoms with Crippen LogP contribution in [-0.2, 0) is 32.9 Å². The number of nitrogens with zero attached hydrogens (tertiary/aromatic N) is 4. The summed E-state index contributed by atoms with van der Waals surface area (Å²) < 4.78 is 13.5. The van der Waals surface area contributed by atoms with Gasteiger partial charge in [0.1, 0.15) is 5.82 Å². The molecular formula is C65H52N4OPtSi-2. The number of aromatic nitrogens is 4. The Kier molecular flexibility index (Phi) is 10.8. The van der Waals surface area contributed by atoms with Crippen LogP contribution in [0.2, 0.25) is 18.1 Å². The molecule has 72 heavy (non-hydrogen) atoms. The Morgan fingerprint density at radius 3 is 2.11 bits per heavy atom. The quantitative estimate of drug-likeness (QED) is 0.0978. The first-order valence-corrected chi connectivity index (χ1v) is 28.0. The zero-order valence-corrected chi connectivity index (χ0v) is 44.0. The van der Waals surface area contributed by atoms with E-state index in [9.17, 15) is 0 Å². The van der Waals surface area contributed by atoms with Crippen LogP contribution < -0.4 is 14.5 Å². The van der Waals surface area contributed by atoms with E-state index in [1.165, 1.54) is 93.9 Å². The Morgan fingerprint density at radius 1 is 0.583 bits per heavy atom. The van der Waals surface area contributed by atoms with E-state index >= 15 is 0 Å². The van der Waals surface area contributed by atoms with Gasteiger partial charge in [-0.15, -0.1) is 29.7 Å². The molecule has 3 aliphatic rings. The topological polar surface area (TPSA) is 35.9 Å². The number of rotatable bonds is 5. The SMILES string of the molecule is CC(C)(C)c1ccnc(-n2c3[c-]c(Oc4[c-]c(-n5[c-][n+]6c7c(cccc75)-c5ccccc5-c5cc7c(cc5-c5cccc(-c8ccccc8)c5-6)[Si]5(CCCC5)CCC7)ccc4)ccc3c3ccccc32)c1.[Pt]. The van der Waals surface area contributed by atoms with Crippen LogP contribution in [0.15, 0.2) is 176 Å². The van der Waals surface area contributed by atoms with Gasteiger partial charge in [0, 0.05) is 44.3 Å². The van der Waals surface area contributed by atoms with Gasteiger partial charge in [0.2, 0.25) is 0 Å². The predicted molar refractivity (Wildman–Crippen MR) is 291 cm³/mol. The number of imidazole rings is 1. The molecule has 1 spiro atoms. The molecule has 0 amide bonds. The maximum atomic E-state index is 6.78. The molecule has 0 saturated carbocycles. The summed E-state index contributed by atoms with van der Waals surface area (Å²) in [7, 11) is -1.61. The van der Waals surface area contributed by atoms with E-state index in [4.69, 9.17) is 9.72 Å². The first-order chi connectivity index (χ1) is 34.8. The van der Waals surface area contributed by atoms with Gasteiger partial charge in [-0.05, 0) is 96.7 Å². The second-order valence-electron chi connectivity index (χ2n) is 21.0. The van der Waals surface area contributed by atoms with Crippen LogP contribution in [0.5, 0.6) is 11.5 Å². The number of pyridine rings is 1. The van der Waals surface area contributed by atoms with Crippen molar-refractivity contribution in [2.24, 2.45) is 0 Å². The van der Waals surface area contributed by atoms with Gasteiger partial charge in [-0.1, -0.05) is 190 Å². The van der Waals surface area contributed by atoms with Crippen LogP contribution in [0, 0.1) is 18.5 Å². The molecule has 7 heteroatoms. The molecule has 11 aromatic rings. The Hall–Kier alpha value is -7.11. The molecule has 8 aromatic carbocycles.